The summed E-state index contributed by atoms with van der Waals surface area (Å²) in [5.41, 5.74) is -0.149. The first-order valence-electron chi connectivity index (χ1n) is 9.25. The van der Waals surface area contributed by atoms with Crippen LogP contribution in [-0.2, 0) is 11.2 Å². The van der Waals surface area contributed by atoms with E-state index in [1.165, 1.54) is 44.6 Å². The zero-order chi connectivity index (χ0) is 18.7. The van der Waals surface area contributed by atoms with Crippen LogP contribution in [0.4, 0.5) is 0 Å². The molecule has 0 atom stereocenters. The summed E-state index contributed by atoms with van der Waals surface area (Å²) >= 11 is 0. The zero-order valence-corrected chi connectivity index (χ0v) is 15.1. The van der Waals surface area contributed by atoms with Gasteiger partial charge in [-0.2, -0.15) is 0 Å². The Morgan fingerprint density at radius 3 is 2.00 bits per heavy atom. The molecule has 5 heteroatoms. The van der Waals surface area contributed by atoms with Crippen LogP contribution in [-0.4, -0.2) is 27.1 Å². The number of rotatable bonds is 13. The van der Waals surface area contributed by atoms with Gasteiger partial charge in [-0.3, -0.25) is 4.79 Å². The molecule has 0 bridgehead atoms. The molecule has 1 rings (SSSR count). The van der Waals surface area contributed by atoms with Gasteiger partial charge in [-0.05, 0) is 18.1 Å². The Labute approximate surface area is 149 Å². The van der Waals surface area contributed by atoms with Crippen LogP contribution < -0.4 is 0 Å². The molecule has 5 nitrogen and oxygen atoms in total. The minimum Gasteiger partial charge on any atom is -0.508 e. The van der Waals surface area contributed by atoms with Gasteiger partial charge >= 0.3 is 5.97 Å². The van der Waals surface area contributed by atoms with Gasteiger partial charge in [0.2, 0.25) is 0 Å². The summed E-state index contributed by atoms with van der Waals surface area (Å²) in [6.07, 6.45) is 10.8. The van der Waals surface area contributed by atoms with Crippen LogP contribution in [0, 0.1) is 0 Å². The predicted octanol–water partition coefficient (Wildman–Crippen LogP) is 4.83. The van der Waals surface area contributed by atoms with Crippen molar-refractivity contribution in [2.45, 2.75) is 77.6 Å². The molecule has 0 saturated carbocycles. The molecule has 1 aromatic carbocycles. The van der Waals surface area contributed by atoms with Gasteiger partial charge in [0, 0.05) is 18.9 Å². The molecule has 0 aliphatic rings. The quantitative estimate of drug-likeness (QED) is 0.443. The average Bonchev–Trinajstić information content (AvgIpc) is 2.52. The second-order valence-electron chi connectivity index (χ2n) is 6.60. The molecule has 0 spiro atoms. The third-order valence-electron chi connectivity index (χ3n) is 4.34. The number of hydrogen-bond donors (Lipinski definition) is 3. The molecule has 0 radical (unpaired) electrons. The smallest absolute Gasteiger partial charge is 0.339 e. The van der Waals surface area contributed by atoms with Crippen LogP contribution in [0.2, 0.25) is 0 Å². The predicted molar refractivity (Wildman–Crippen MR) is 97.3 cm³/mol. The molecule has 140 valence electrons. The van der Waals surface area contributed by atoms with Gasteiger partial charge in [0.25, 0.3) is 0 Å². The number of ketones is 1. The van der Waals surface area contributed by atoms with E-state index in [9.17, 15) is 19.8 Å². The molecule has 25 heavy (non-hydrogen) atoms. The van der Waals surface area contributed by atoms with E-state index in [0.29, 0.717) is 6.42 Å². The van der Waals surface area contributed by atoms with Crippen LogP contribution in [0.25, 0.3) is 0 Å². The van der Waals surface area contributed by atoms with Gasteiger partial charge in [0.1, 0.15) is 22.8 Å². The highest BCUT2D eigenvalue weighted by Gasteiger charge is 2.18. The number of carbonyl (C=O) groups is 2. The number of phenols is 2. The molecule has 0 fully saturated rings. The lowest BCUT2D eigenvalue weighted by Crippen LogP contribution is -2.09. The fraction of sp³-hybridized carbons (Fsp3) is 0.600. The number of aromatic carboxylic acids is 1. The van der Waals surface area contributed by atoms with Crippen LogP contribution in [0.1, 0.15) is 87.1 Å². The minimum absolute atomic E-state index is 0.0737. The van der Waals surface area contributed by atoms with Crippen molar-refractivity contribution >= 4 is 11.8 Å². The fourth-order valence-electron chi connectivity index (χ4n) is 2.99. The summed E-state index contributed by atoms with van der Waals surface area (Å²) in [6, 6.07) is 2.20. The monoisotopic (exact) mass is 350 g/mol. The van der Waals surface area contributed by atoms with Crippen LogP contribution in [0.5, 0.6) is 11.5 Å². The summed E-state index contributed by atoms with van der Waals surface area (Å²) in [7, 11) is 0. The van der Waals surface area contributed by atoms with E-state index in [2.05, 4.69) is 6.92 Å². The number of carbonyl (C=O) groups excluding carboxylic acids is 1. The molecular weight excluding hydrogens is 320 g/mol. The maximum absolute atomic E-state index is 12.1. The Morgan fingerprint density at radius 2 is 1.44 bits per heavy atom. The highest BCUT2D eigenvalue weighted by molar-refractivity contribution is 5.95. The summed E-state index contributed by atoms with van der Waals surface area (Å²) in [4.78, 5) is 23.3. The maximum Gasteiger partial charge on any atom is 0.339 e. The van der Waals surface area contributed by atoms with Crippen LogP contribution in [0.3, 0.4) is 0 Å². The molecule has 0 aliphatic carbocycles. The third-order valence-corrected chi connectivity index (χ3v) is 4.34. The van der Waals surface area contributed by atoms with Crippen molar-refractivity contribution in [2.75, 3.05) is 0 Å². The fourth-order valence-corrected chi connectivity index (χ4v) is 2.99. The topological polar surface area (TPSA) is 94.8 Å². The molecule has 0 amide bonds. The lowest BCUT2D eigenvalue weighted by molar-refractivity contribution is -0.118. The number of carboxylic acids is 1. The molecule has 0 aliphatic heterocycles. The lowest BCUT2D eigenvalue weighted by atomic mass is 9.98. The van der Waals surface area contributed by atoms with Crippen molar-refractivity contribution in [2.24, 2.45) is 0 Å². The second kappa shape index (κ2) is 11.5. The maximum atomic E-state index is 12.1. The number of carboxylic acid groups (broad SMARTS) is 1. The first-order valence-corrected chi connectivity index (χ1v) is 9.25. The number of phenolic OH excluding ortho intramolecular Hbond substituents is 1. The number of aromatic hydroxyl groups is 2. The van der Waals surface area contributed by atoms with E-state index in [0.717, 1.165) is 25.3 Å². The Morgan fingerprint density at radius 1 is 0.880 bits per heavy atom. The number of unbranched alkanes of at least 4 members (excludes halogenated alkanes) is 8. The van der Waals surface area contributed by atoms with Gasteiger partial charge in [0.05, 0.1) is 0 Å². The average molecular weight is 350 g/mol. The van der Waals surface area contributed by atoms with E-state index >= 15 is 0 Å². The zero-order valence-electron chi connectivity index (χ0n) is 15.1. The largest absolute Gasteiger partial charge is 0.508 e. The summed E-state index contributed by atoms with van der Waals surface area (Å²) in [5.74, 6) is -2.13. The molecule has 0 saturated heterocycles. The number of Topliss-reactive ketones (excluding diaryl/α,β-unsaturated/α-hetero) is 1. The number of benzene rings is 1. The second-order valence-corrected chi connectivity index (χ2v) is 6.60. The van der Waals surface area contributed by atoms with Crippen molar-refractivity contribution < 1.29 is 24.9 Å². The van der Waals surface area contributed by atoms with Crippen molar-refractivity contribution in [3.05, 3.63) is 23.3 Å². The van der Waals surface area contributed by atoms with E-state index in [-0.39, 0.29) is 29.1 Å². The molecule has 0 unspecified atom stereocenters. The Hall–Kier alpha value is -2.04. The van der Waals surface area contributed by atoms with Gasteiger partial charge in [-0.15, -0.1) is 0 Å². The highest BCUT2D eigenvalue weighted by Crippen LogP contribution is 2.28. The van der Waals surface area contributed by atoms with E-state index in [4.69, 9.17) is 5.11 Å². The van der Waals surface area contributed by atoms with Crippen LogP contribution in [0.15, 0.2) is 12.1 Å². The first kappa shape index (κ1) is 21.0. The summed E-state index contributed by atoms with van der Waals surface area (Å²) in [6.45, 7) is 2.20. The number of hydrogen-bond acceptors (Lipinski definition) is 4. The minimum atomic E-state index is -1.30. The normalized spacial score (nSPS) is 10.8. The molecule has 3 N–H and O–H groups in total. The van der Waals surface area contributed by atoms with Crippen LogP contribution >= 0.6 is 0 Å². The van der Waals surface area contributed by atoms with E-state index < -0.39 is 11.7 Å². The molecular formula is C20H30O5. The van der Waals surface area contributed by atoms with E-state index in [1.807, 2.05) is 0 Å². The summed E-state index contributed by atoms with van der Waals surface area (Å²) in [5, 5.41) is 28.3. The van der Waals surface area contributed by atoms with Crippen molar-refractivity contribution in [1.29, 1.82) is 0 Å². The van der Waals surface area contributed by atoms with Gasteiger partial charge in [0.15, 0.2) is 0 Å². The Balaban J connectivity index is 2.32. The van der Waals surface area contributed by atoms with Crippen molar-refractivity contribution in [1.82, 2.24) is 0 Å². The Bertz CT molecular complexity index is 565. The molecule has 0 heterocycles. The molecule has 0 aromatic heterocycles. The van der Waals surface area contributed by atoms with Gasteiger partial charge in [-0.25, -0.2) is 4.79 Å². The van der Waals surface area contributed by atoms with Gasteiger partial charge < -0.3 is 15.3 Å². The SMILES string of the molecule is CCCCCCCCCCCC(=O)Cc1cc(O)cc(O)c1C(=O)O. The third kappa shape index (κ3) is 8.05. The first-order chi connectivity index (χ1) is 12.0. The summed E-state index contributed by atoms with van der Waals surface area (Å²) < 4.78 is 0. The van der Waals surface area contributed by atoms with Crippen molar-refractivity contribution in [3.8, 4) is 11.5 Å². The lowest BCUT2D eigenvalue weighted by Gasteiger charge is -2.08. The highest BCUT2D eigenvalue weighted by atomic mass is 16.4. The van der Waals surface area contributed by atoms with Gasteiger partial charge in [-0.1, -0.05) is 58.3 Å². The Kier molecular flexibility index (Phi) is 9.66. The van der Waals surface area contributed by atoms with E-state index in [1.54, 1.807) is 0 Å². The molecule has 1 aromatic rings. The van der Waals surface area contributed by atoms with Crippen molar-refractivity contribution in [3.63, 3.8) is 0 Å². The standard InChI is InChI=1S/C20H30O5/c1-2-3-4-5-6-7-8-9-10-11-16(21)12-15-13-17(22)14-18(23)19(15)20(24)25/h13-14,22-23H,2-12H2,1H3,(H,24,25).